The average Bonchev–Trinajstić information content (AvgIpc) is 2.66. The van der Waals surface area contributed by atoms with E-state index in [-0.39, 0.29) is 17.9 Å². The highest BCUT2D eigenvalue weighted by atomic mass is 16.5. The number of hydrogen-bond acceptors (Lipinski definition) is 4. The van der Waals surface area contributed by atoms with Gasteiger partial charge in [0, 0.05) is 12.2 Å². The van der Waals surface area contributed by atoms with Crippen molar-refractivity contribution in [2.75, 3.05) is 18.5 Å². The molecule has 2 rings (SSSR count). The van der Waals surface area contributed by atoms with E-state index < -0.39 is 0 Å². The number of hydrogen-bond donors (Lipinski definition) is 2. The summed E-state index contributed by atoms with van der Waals surface area (Å²) < 4.78 is 5.12. The summed E-state index contributed by atoms with van der Waals surface area (Å²) >= 11 is 0. The van der Waals surface area contributed by atoms with Crippen molar-refractivity contribution >= 4 is 11.7 Å². The van der Waals surface area contributed by atoms with Gasteiger partial charge in [-0.1, -0.05) is 6.07 Å². The molecule has 2 unspecified atom stereocenters. The Labute approximate surface area is 87.6 Å². The topological polar surface area (TPSA) is 77.2 Å². The first-order valence-corrected chi connectivity index (χ1v) is 4.82. The molecular formula is C10H13N3O2. The SMILES string of the molecule is NC1COCC1C(=O)Nc1ccccn1. The van der Waals surface area contributed by atoms with Gasteiger partial charge in [0.2, 0.25) is 5.91 Å². The number of amides is 1. The van der Waals surface area contributed by atoms with Crippen molar-refractivity contribution < 1.29 is 9.53 Å². The quantitative estimate of drug-likeness (QED) is 0.715. The number of nitrogens with one attached hydrogen (secondary N) is 1. The lowest BCUT2D eigenvalue weighted by molar-refractivity contribution is -0.120. The maximum absolute atomic E-state index is 11.7. The van der Waals surface area contributed by atoms with Crippen LogP contribution in [0.1, 0.15) is 0 Å². The van der Waals surface area contributed by atoms with Gasteiger partial charge in [-0.15, -0.1) is 0 Å². The summed E-state index contributed by atoms with van der Waals surface area (Å²) in [6, 6.07) is 5.13. The molecule has 5 nitrogen and oxygen atoms in total. The maximum atomic E-state index is 11.7. The van der Waals surface area contributed by atoms with Crippen LogP contribution in [0.4, 0.5) is 5.82 Å². The first-order chi connectivity index (χ1) is 7.27. The second-order valence-corrected chi connectivity index (χ2v) is 3.51. The number of ether oxygens (including phenoxy) is 1. The van der Waals surface area contributed by atoms with Gasteiger partial charge in [-0.25, -0.2) is 4.98 Å². The molecule has 0 aliphatic carbocycles. The number of carbonyl (C=O) groups excluding carboxylic acids is 1. The van der Waals surface area contributed by atoms with Crippen molar-refractivity contribution in [3.8, 4) is 0 Å². The molecule has 0 spiro atoms. The van der Waals surface area contributed by atoms with Crippen LogP contribution < -0.4 is 11.1 Å². The molecule has 1 aromatic heterocycles. The third-order valence-corrected chi connectivity index (χ3v) is 2.38. The zero-order valence-electron chi connectivity index (χ0n) is 8.22. The van der Waals surface area contributed by atoms with Crippen LogP contribution in [0.5, 0.6) is 0 Å². The predicted molar refractivity (Wildman–Crippen MR) is 55.2 cm³/mol. The number of aromatic nitrogens is 1. The Hall–Kier alpha value is -1.46. The lowest BCUT2D eigenvalue weighted by atomic mass is 10.0. The highest BCUT2D eigenvalue weighted by Gasteiger charge is 2.31. The van der Waals surface area contributed by atoms with E-state index in [9.17, 15) is 4.79 Å². The van der Waals surface area contributed by atoms with Crippen LogP contribution in [0.2, 0.25) is 0 Å². The lowest BCUT2D eigenvalue weighted by Crippen LogP contribution is -2.37. The van der Waals surface area contributed by atoms with Crippen LogP contribution in [0, 0.1) is 5.92 Å². The smallest absolute Gasteiger partial charge is 0.232 e. The minimum atomic E-state index is -0.271. The standard InChI is InChI=1S/C10H13N3O2/c11-8-6-15-5-7(8)10(14)13-9-3-1-2-4-12-9/h1-4,7-8H,5-6,11H2,(H,12,13,14). The molecule has 0 radical (unpaired) electrons. The fraction of sp³-hybridized carbons (Fsp3) is 0.400. The van der Waals surface area contributed by atoms with E-state index in [4.69, 9.17) is 10.5 Å². The summed E-state index contributed by atoms with van der Waals surface area (Å²) in [6.45, 7) is 0.833. The molecule has 2 heterocycles. The van der Waals surface area contributed by atoms with Crippen molar-refractivity contribution in [1.29, 1.82) is 0 Å². The Bertz CT molecular complexity index is 342. The van der Waals surface area contributed by atoms with E-state index in [0.717, 1.165) is 0 Å². The van der Waals surface area contributed by atoms with Crippen LogP contribution in [-0.4, -0.2) is 30.1 Å². The number of nitrogens with zero attached hydrogens (tertiary/aromatic N) is 1. The zero-order chi connectivity index (χ0) is 10.7. The average molecular weight is 207 g/mol. The Morgan fingerprint density at radius 2 is 2.40 bits per heavy atom. The molecule has 3 N–H and O–H groups in total. The van der Waals surface area contributed by atoms with Crippen molar-refractivity contribution in [3.05, 3.63) is 24.4 Å². The van der Waals surface area contributed by atoms with E-state index >= 15 is 0 Å². The summed E-state index contributed by atoms with van der Waals surface area (Å²) in [5.74, 6) is 0.146. The predicted octanol–water partition coefficient (Wildman–Crippen LogP) is -0.00620. The number of rotatable bonds is 2. The van der Waals surface area contributed by atoms with Crippen LogP contribution in [0.3, 0.4) is 0 Å². The second-order valence-electron chi connectivity index (χ2n) is 3.51. The van der Waals surface area contributed by atoms with E-state index in [1.807, 2.05) is 6.07 Å². The summed E-state index contributed by atoms with van der Waals surface area (Å²) in [4.78, 5) is 15.7. The van der Waals surface area contributed by atoms with Gasteiger partial charge in [-0.2, -0.15) is 0 Å². The Balaban J connectivity index is 1.98. The Morgan fingerprint density at radius 3 is 3.00 bits per heavy atom. The Kier molecular flexibility index (Phi) is 2.94. The monoisotopic (exact) mass is 207 g/mol. The molecule has 1 fully saturated rings. The highest BCUT2D eigenvalue weighted by Crippen LogP contribution is 2.13. The molecule has 5 heteroatoms. The van der Waals surface area contributed by atoms with Crippen LogP contribution in [0.25, 0.3) is 0 Å². The molecule has 1 aromatic rings. The fourth-order valence-electron chi connectivity index (χ4n) is 1.50. The number of pyridine rings is 1. The Morgan fingerprint density at radius 1 is 1.53 bits per heavy atom. The summed E-state index contributed by atoms with van der Waals surface area (Å²) in [5, 5.41) is 2.70. The normalized spacial score (nSPS) is 25.1. The van der Waals surface area contributed by atoms with Crippen LogP contribution in [0.15, 0.2) is 24.4 Å². The molecule has 0 saturated carbocycles. The molecular weight excluding hydrogens is 194 g/mol. The third-order valence-electron chi connectivity index (χ3n) is 2.38. The molecule has 15 heavy (non-hydrogen) atoms. The molecule has 80 valence electrons. The molecule has 1 aliphatic heterocycles. The largest absolute Gasteiger partial charge is 0.379 e. The van der Waals surface area contributed by atoms with Crippen molar-refractivity contribution in [2.45, 2.75) is 6.04 Å². The van der Waals surface area contributed by atoms with Crippen LogP contribution in [-0.2, 0) is 9.53 Å². The van der Waals surface area contributed by atoms with Gasteiger partial charge < -0.3 is 15.8 Å². The minimum absolute atomic E-state index is 0.126. The first kappa shape index (κ1) is 10.1. The lowest BCUT2D eigenvalue weighted by Gasteiger charge is -2.12. The molecule has 1 amide bonds. The van der Waals surface area contributed by atoms with E-state index in [0.29, 0.717) is 19.0 Å². The third kappa shape index (κ3) is 2.31. The van der Waals surface area contributed by atoms with Crippen molar-refractivity contribution in [3.63, 3.8) is 0 Å². The minimum Gasteiger partial charge on any atom is -0.379 e. The van der Waals surface area contributed by atoms with Gasteiger partial charge in [0.1, 0.15) is 5.82 Å². The number of anilines is 1. The zero-order valence-corrected chi connectivity index (χ0v) is 8.22. The molecule has 0 aromatic carbocycles. The van der Waals surface area contributed by atoms with Gasteiger partial charge in [0.05, 0.1) is 19.1 Å². The van der Waals surface area contributed by atoms with E-state index in [1.165, 1.54) is 0 Å². The number of nitrogens with two attached hydrogens (primary N) is 1. The number of carbonyl (C=O) groups is 1. The highest BCUT2D eigenvalue weighted by molar-refractivity contribution is 5.92. The van der Waals surface area contributed by atoms with Crippen molar-refractivity contribution in [1.82, 2.24) is 4.98 Å². The van der Waals surface area contributed by atoms with Crippen molar-refractivity contribution in [2.24, 2.45) is 11.7 Å². The van der Waals surface area contributed by atoms with Gasteiger partial charge in [-0.3, -0.25) is 4.79 Å². The van der Waals surface area contributed by atoms with Gasteiger partial charge in [-0.05, 0) is 12.1 Å². The molecule has 0 bridgehead atoms. The fourth-order valence-corrected chi connectivity index (χ4v) is 1.50. The molecule has 1 aliphatic rings. The maximum Gasteiger partial charge on any atom is 0.232 e. The van der Waals surface area contributed by atoms with Gasteiger partial charge in [0.25, 0.3) is 0 Å². The summed E-state index contributed by atoms with van der Waals surface area (Å²) in [6.07, 6.45) is 1.63. The molecule has 1 saturated heterocycles. The van der Waals surface area contributed by atoms with Crippen LogP contribution >= 0.6 is 0 Å². The van der Waals surface area contributed by atoms with E-state index in [1.54, 1.807) is 18.3 Å². The van der Waals surface area contributed by atoms with E-state index in [2.05, 4.69) is 10.3 Å². The van der Waals surface area contributed by atoms with Gasteiger partial charge >= 0.3 is 0 Å². The summed E-state index contributed by atoms with van der Waals surface area (Å²) in [7, 11) is 0. The van der Waals surface area contributed by atoms with Gasteiger partial charge in [0.15, 0.2) is 0 Å². The summed E-state index contributed by atoms with van der Waals surface area (Å²) in [5.41, 5.74) is 5.73. The first-order valence-electron chi connectivity index (χ1n) is 4.82. The molecule has 2 atom stereocenters. The second kappa shape index (κ2) is 4.37.